The molecule has 0 aromatic heterocycles. The van der Waals surface area contributed by atoms with Gasteiger partial charge in [-0.05, 0) is 100 Å². The summed E-state index contributed by atoms with van der Waals surface area (Å²) in [4.78, 5) is 26.0. The maximum atomic E-state index is 11.7. The third-order valence-electron chi connectivity index (χ3n) is 13.2. The van der Waals surface area contributed by atoms with Crippen molar-refractivity contribution in [1.82, 2.24) is 0 Å². The first-order valence-corrected chi connectivity index (χ1v) is 20.1. The van der Waals surface area contributed by atoms with Crippen LogP contribution in [0.4, 0.5) is 17.1 Å². The summed E-state index contributed by atoms with van der Waals surface area (Å²) in [6, 6.07) is 46.8. The second-order valence-electron chi connectivity index (χ2n) is 18.4. The highest BCUT2D eigenvalue weighted by Gasteiger charge is 2.50. The smallest absolute Gasteiger partial charge is 0.248 e. The van der Waals surface area contributed by atoms with Crippen molar-refractivity contribution in [2.45, 2.75) is 52.4 Å². The van der Waals surface area contributed by atoms with Gasteiger partial charge in [0.05, 0.1) is 0 Å². The number of benzene rings is 7. The van der Waals surface area contributed by atoms with Crippen LogP contribution in [0.1, 0.15) is 73.4 Å². The van der Waals surface area contributed by atoms with Crippen LogP contribution in [-0.4, -0.2) is 26.0 Å². The van der Waals surface area contributed by atoms with E-state index in [1.165, 1.54) is 94.3 Å². The lowest BCUT2D eigenvalue weighted by atomic mass is 9.32. The number of para-hydroxylation sites is 1. The molecule has 7 aromatic carbocycles. The van der Waals surface area contributed by atoms with E-state index in [4.69, 9.17) is 0 Å². The molecule has 57 heavy (non-hydrogen) atoms. The zero-order valence-electron chi connectivity index (χ0n) is 33.2. The van der Waals surface area contributed by atoms with Gasteiger partial charge in [-0.3, -0.25) is 9.59 Å². The summed E-state index contributed by atoms with van der Waals surface area (Å²) in [5, 5.41) is 0. The first-order valence-electron chi connectivity index (χ1n) is 20.1. The van der Waals surface area contributed by atoms with Crippen LogP contribution in [0, 0.1) is 0 Å². The second-order valence-corrected chi connectivity index (χ2v) is 18.4. The lowest BCUT2D eigenvalue weighted by molar-refractivity contribution is 0.111. The van der Waals surface area contributed by atoms with E-state index in [0.717, 1.165) is 23.7 Å². The molecule has 0 unspecified atom stereocenters. The van der Waals surface area contributed by atoms with Gasteiger partial charge < -0.3 is 4.90 Å². The zero-order valence-corrected chi connectivity index (χ0v) is 33.2. The van der Waals surface area contributed by atoms with Crippen LogP contribution in [0.5, 0.6) is 0 Å². The lowest BCUT2D eigenvalue weighted by Gasteiger charge is -2.43. The molecule has 0 atom stereocenters. The number of fused-ring (bicyclic) bond motifs is 10. The highest BCUT2D eigenvalue weighted by molar-refractivity contribution is 7.05. The monoisotopic (exact) mass is 733 g/mol. The van der Waals surface area contributed by atoms with Crippen molar-refractivity contribution in [3.05, 3.63) is 150 Å². The van der Waals surface area contributed by atoms with Crippen LogP contribution in [0.25, 0.3) is 44.5 Å². The SMILES string of the molecule is CC(C)(C)c1ccc2c(c1)-c1c(-c3ccc(C=O)cc3)ccc3c1B2c1cccc2c1N3c1ccc(-c3ccc(C=O)cc3)c3c1B2c1ccc(C(C)(C)C)cc1-3. The first-order chi connectivity index (χ1) is 27.5. The Morgan fingerprint density at radius 1 is 0.456 bits per heavy atom. The molecule has 0 bridgehead atoms. The molecule has 0 N–H and O–H groups in total. The van der Waals surface area contributed by atoms with E-state index in [9.17, 15) is 9.59 Å². The van der Waals surface area contributed by atoms with Gasteiger partial charge in [0.2, 0.25) is 13.4 Å². The Labute approximate surface area is 335 Å². The Morgan fingerprint density at radius 2 is 0.877 bits per heavy atom. The average molecular weight is 734 g/mol. The number of aldehydes is 2. The van der Waals surface area contributed by atoms with Gasteiger partial charge in [-0.25, -0.2) is 0 Å². The molecule has 272 valence electrons. The van der Waals surface area contributed by atoms with Gasteiger partial charge >= 0.3 is 0 Å². The minimum absolute atomic E-state index is 0.0120. The van der Waals surface area contributed by atoms with Crippen molar-refractivity contribution in [2.24, 2.45) is 0 Å². The summed E-state index contributed by atoms with van der Waals surface area (Å²) < 4.78 is 0. The zero-order chi connectivity index (χ0) is 39.1. The molecule has 5 heteroatoms. The summed E-state index contributed by atoms with van der Waals surface area (Å²) >= 11 is 0. The third-order valence-corrected chi connectivity index (χ3v) is 13.2. The molecule has 0 aliphatic carbocycles. The molecule has 4 aliphatic rings. The van der Waals surface area contributed by atoms with Crippen molar-refractivity contribution >= 4 is 75.8 Å². The van der Waals surface area contributed by atoms with Gasteiger partial charge in [-0.2, -0.15) is 0 Å². The minimum atomic E-state index is -0.0120. The van der Waals surface area contributed by atoms with Crippen LogP contribution < -0.4 is 37.7 Å². The standard InChI is InChI=1S/C52H41B2NO2/c1-51(2,3)34-18-22-40-38(26-34)46-36(32-14-10-30(28-56)11-15-32)20-24-44-48(46)53(40)42-8-7-9-43-50(42)55(44)45-25-21-37(33-16-12-31(29-57)13-17-33)47-39-27-35(52(4,5)6)19-23-41(39)54(43)49(45)47/h7-29H,1-6H3. The fourth-order valence-corrected chi connectivity index (χ4v) is 10.3. The van der Waals surface area contributed by atoms with Crippen LogP contribution in [-0.2, 0) is 10.8 Å². The van der Waals surface area contributed by atoms with Crippen molar-refractivity contribution in [1.29, 1.82) is 0 Å². The summed E-state index contributed by atoms with van der Waals surface area (Å²) in [6.07, 6.45) is 1.84. The topological polar surface area (TPSA) is 37.4 Å². The van der Waals surface area contributed by atoms with E-state index < -0.39 is 0 Å². The fourth-order valence-electron chi connectivity index (χ4n) is 10.3. The summed E-state index contributed by atoms with van der Waals surface area (Å²) in [5.41, 5.74) is 25.6. The van der Waals surface area contributed by atoms with E-state index >= 15 is 0 Å². The normalized spacial score (nSPS) is 13.8. The number of nitrogens with zero attached hydrogens (tertiary/aromatic N) is 1. The fraction of sp³-hybridized carbons (Fsp3) is 0.154. The molecule has 0 saturated heterocycles. The molecule has 0 spiro atoms. The molecule has 4 heterocycles. The molecule has 11 rings (SSSR count). The Balaban J connectivity index is 1.23. The lowest BCUT2D eigenvalue weighted by Crippen LogP contribution is -2.62. The number of hydrogen-bond donors (Lipinski definition) is 0. The molecular formula is C52H41B2NO2. The Bertz CT molecular complexity index is 2720. The van der Waals surface area contributed by atoms with Gasteiger partial charge in [0, 0.05) is 28.2 Å². The van der Waals surface area contributed by atoms with E-state index in [1.807, 2.05) is 24.3 Å². The average Bonchev–Trinajstić information content (AvgIpc) is 3.75. The molecule has 4 aliphatic heterocycles. The molecule has 0 radical (unpaired) electrons. The van der Waals surface area contributed by atoms with Gasteiger partial charge in [-0.15, -0.1) is 0 Å². The quantitative estimate of drug-likeness (QED) is 0.135. The number of carbonyl (C=O) groups excluding carboxylic acids is 2. The van der Waals surface area contributed by atoms with Crippen LogP contribution >= 0.6 is 0 Å². The van der Waals surface area contributed by atoms with Crippen LogP contribution in [0.3, 0.4) is 0 Å². The van der Waals surface area contributed by atoms with E-state index in [-0.39, 0.29) is 24.3 Å². The Hall–Kier alpha value is -6.19. The highest BCUT2D eigenvalue weighted by atomic mass is 16.1. The van der Waals surface area contributed by atoms with E-state index in [2.05, 4.69) is 150 Å². The molecule has 3 nitrogen and oxygen atoms in total. The summed E-state index contributed by atoms with van der Waals surface area (Å²) in [7, 11) is 0. The molecule has 0 fully saturated rings. The van der Waals surface area contributed by atoms with Crippen molar-refractivity contribution in [2.75, 3.05) is 4.90 Å². The van der Waals surface area contributed by atoms with Gasteiger partial charge in [0.25, 0.3) is 0 Å². The van der Waals surface area contributed by atoms with E-state index in [1.54, 1.807) is 0 Å². The number of rotatable bonds is 4. The maximum absolute atomic E-state index is 11.7. The van der Waals surface area contributed by atoms with Gasteiger partial charge in [0.15, 0.2) is 0 Å². The number of carbonyl (C=O) groups is 2. The molecule has 7 aromatic rings. The minimum Gasteiger partial charge on any atom is -0.312 e. The predicted octanol–water partition coefficient (Wildman–Crippen LogP) is 8.33. The van der Waals surface area contributed by atoms with Crippen LogP contribution in [0.2, 0.25) is 0 Å². The third kappa shape index (κ3) is 4.69. The Morgan fingerprint density at radius 3 is 1.26 bits per heavy atom. The van der Waals surface area contributed by atoms with Gasteiger partial charge in [-0.1, -0.05) is 168 Å². The van der Waals surface area contributed by atoms with E-state index in [0.29, 0.717) is 11.1 Å². The molecule has 0 amide bonds. The molecular weight excluding hydrogens is 692 g/mol. The highest BCUT2D eigenvalue weighted by Crippen LogP contribution is 2.48. The second kappa shape index (κ2) is 11.7. The first kappa shape index (κ1) is 34.1. The van der Waals surface area contributed by atoms with Crippen molar-refractivity contribution in [3.8, 4) is 44.5 Å². The number of anilines is 3. The van der Waals surface area contributed by atoms with Crippen molar-refractivity contribution in [3.63, 3.8) is 0 Å². The summed E-state index contributed by atoms with van der Waals surface area (Å²) in [5.74, 6) is 0. The van der Waals surface area contributed by atoms with Gasteiger partial charge in [0.1, 0.15) is 12.6 Å². The summed E-state index contributed by atoms with van der Waals surface area (Å²) in [6.45, 7) is 13.9. The van der Waals surface area contributed by atoms with Crippen molar-refractivity contribution < 1.29 is 9.59 Å². The Kier molecular flexibility index (Phi) is 6.98. The number of hydrogen-bond acceptors (Lipinski definition) is 3. The largest absolute Gasteiger partial charge is 0.312 e. The predicted molar refractivity (Wildman–Crippen MR) is 240 cm³/mol. The molecule has 0 saturated carbocycles. The van der Waals surface area contributed by atoms with Crippen LogP contribution in [0.15, 0.2) is 127 Å². The maximum Gasteiger partial charge on any atom is 0.248 e.